The van der Waals surface area contributed by atoms with Crippen molar-refractivity contribution in [3.05, 3.63) is 59.2 Å². The summed E-state index contributed by atoms with van der Waals surface area (Å²) in [5.41, 5.74) is 7.21. The Labute approximate surface area is 150 Å². The third-order valence-corrected chi connectivity index (χ3v) is 4.49. The Hall–Kier alpha value is -2.22. The van der Waals surface area contributed by atoms with E-state index in [1.54, 1.807) is 18.2 Å². The first-order valence-corrected chi connectivity index (χ1v) is 8.50. The topological polar surface area (TPSA) is 87.7 Å². The lowest BCUT2D eigenvalue weighted by molar-refractivity contribution is 0.133. The minimum absolute atomic E-state index is 0.0840. The van der Waals surface area contributed by atoms with Gasteiger partial charge >= 0.3 is 0 Å². The number of aliphatic hydroxyl groups is 1. The van der Waals surface area contributed by atoms with E-state index in [0.717, 1.165) is 11.6 Å². The van der Waals surface area contributed by atoms with E-state index >= 15 is 0 Å². The van der Waals surface area contributed by atoms with Crippen LogP contribution in [0.15, 0.2) is 36.4 Å². The predicted molar refractivity (Wildman–Crippen MR) is 93.0 cm³/mol. The molecule has 0 fully saturated rings. The second kappa shape index (κ2) is 7.99. The summed E-state index contributed by atoms with van der Waals surface area (Å²) >= 11 is 0. The molecule has 0 aliphatic carbocycles. The lowest BCUT2D eigenvalue weighted by atomic mass is 9.98. The molecule has 0 bridgehead atoms. The van der Waals surface area contributed by atoms with E-state index in [-0.39, 0.29) is 24.8 Å². The number of hydrogen-bond acceptors (Lipinski definition) is 5. The second-order valence-corrected chi connectivity index (χ2v) is 6.53. The van der Waals surface area contributed by atoms with Crippen LogP contribution in [-0.4, -0.2) is 35.5 Å². The molecule has 0 saturated heterocycles. The van der Waals surface area contributed by atoms with Gasteiger partial charge in [-0.3, -0.25) is 0 Å². The SMILES string of the molecule is N[C@@H](Cc1cc(F)cc(F)c1)[C@H](O)CN[C@H]1CCOc2ccc(O)cc21. The molecule has 140 valence electrons. The van der Waals surface area contributed by atoms with Crippen molar-refractivity contribution in [3.8, 4) is 11.5 Å². The normalized spacial score (nSPS) is 18.7. The average molecular weight is 364 g/mol. The fourth-order valence-corrected chi connectivity index (χ4v) is 3.15. The number of nitrogens with one attached hydrogen (secondary N) is 1. The van der Waals surface area contributed by atoms with Gasteiger partial charge in [0, 0.05) is 36.7 Å². The highest BCUT2D eigenvalue weighted by atomic mass is 19.1. The zero-order valence-corrected chi connectivity index (χ0v) is 14.2. The molecular formula is C19H22F2N2O3. The van der Waals surface area contributed by atoms with Crippen molar-refractivity contribution in [2.75, 3.05) is 13.2 Å². The Balaban J connectivity index is 1.59. The summed E-state index contributed by atoms with van der Waals surface area (Å²) in [6.07, 6.45) is -0.0548. The summed E-state index contributed by atoms with van der Waals surface area (Å²) in [7, 11) is 0. The molecule has 0 unspecified atom stereocenters. The van der Waals surface area contributed by atoms with Crippen LogP contribution in [0.5, 0.6) is 11.5 Å². The van der Waals surface area contributed by atoms with Crippen LogP contribution in [0.1, 0.15) is 23.6 Å². The minimum atomic E-state index is -0.898. The van der Waals surface area contributed by atoms with E-state index in [1.807, 2.05) is 0 Å². The van der Waals surface area contributed by atoms with Gasteiger partial charge in [0.05, 0.1) is 12.7 Å². The molecule has 7 heteroatoms. The molecule has 0 radical (unpaired) electrons. The molecule has 2 aromatic carbocycles. The number of aromatic hydroxyl groups is 1. The Morgan fingerprint density at radius 3 is 2.65 bits per heavy atom. The summed E-state index contributed by atoms with van der Waals surface area (Å²) in [5.74, 6) is -0.496. The molecule has 0 saturated carbocycles. The first kappa shape index (κ1) is 18.6. The molecule has 1 heterocycles. The summed E-state index contributed by atoms with van der Waals surface area (Å²) in [6, 6.07) is 7.36. The fourth-order valence-electron chi connectivity index (χ4n) is 3.15. The predicted octanol–water partition coefficient (Wildman–Crippen LogP) is 2.01. The first-order chi connectivity index (χ1) is 12.4. The van der Waals surface area contributed by atoms with Gasteiger partial charge in [0.2, 0.25) is 0 Å². The third kappa shape index (κ3) is 4.49. The molecular weight excluding hydrogens is 342 g/mol. The highest BCUT2D eigenvalue weighted by molar-refractivity contribution is 5.42. The average Bonchev–Trinajstić information content (AvgIpc) is 2.58. The van der Waals surface area contributed by atoms with Crippen LogP contribution in [0.3, 0.4) is 0 Å². The maximum atomic E-state index is 13.3. The molecule has 2 aromatic rings. The van der Waals surface area contributed by atoms with E-state index in [2.05, 4.69) is 5.32 Å². The smallest absolute Gasteiger partial charge is 0.126 e. The van der Waals surface area contributed by atoms with Crippen molar-refractivity contribution in [1.82, 2.24) is 5.32 Å². The van der Waals surface area contributed by atoms with Gasteiger partial charge in [-0.1, -0.05) is 0 Å². The van der Waals surface area contributed by atoms with Crippen LogP contribution in [0, 0.1) is 11.6 Å². The molecule has 1 aliphatic heterocycles. The largest absolute Gasteiger partial charge is 0.508 e. The van der Waals surface area contributed by atoms with E-state index in [9.17, 15) is 19.0 Å². The Morgan fingerprint density at radius 1 is 1.19 bits per heavy atom. The minimum Gasteiger partial charge on any atom is -0.508 e. The molecule has 0 aromatic heterocycles. The van der Waals surface area contributed by atoms with Crippen LogP contribution in [-0.2, 0) is 6.42 Å². The number of aliphatic hydroxyl groups excluding tert-OH is 1. The Kier molecular flexibility index (Phi) is 5.70. The van der Waals surface area contributed by atoms with Crippen LogP contribution >= 0.6 is 0 Å². The number of hydrogen-bond donors (Lipinski definition) is 4. The summed E-state index contributed by atoms with van der Waals surface area (Å²) < 4.78 is 32.1. The van der Waals surface area contributed by atoms with Crippen LogP contribution < -0.4 is 15.8 Å². The molecule has 5 N–H and O–H groups in total. The quantitative estimate of drug-likeness (QED) is 0.630. The lowest BCUT2D eigenvalue weighted by Gasteiger charge is -2.29. The molecule has 3 rings (SSSR count). The van der Waals surface area contributed by atoms with Crippen LogP contribution in [0.4, 0.5) is 8.78 Å². The van der Waals surface area contributed by atoms with Crippen molar-refractivity contribution in [3.63, 3.8) is 0 Å². The summed E-state index contributed by atoms with van der Waals surface area (Å²) in [5, 5.41) is 23.2. The number of phenols is 1. The molecule has 3 atom stereocenters. The van der Waals surface area contributed by atoms with Crippen molar-refractivity contribution in [2.45, 2.75) is 31.0 Å². The van der Waals surface area contributed by atoms with E-state index in [4.69, 9.17) is 10.5 Å². The molecule has 0 amide bonds. The number of phenolic OH excluding ortho intramolecular Hbond substituents is 1. The van der Waals surface area contributed by atoms with Gasteiger partial charge in [-0.2, -0.15) is 0 Å². The van der Waals surface area contributed by atoms with Crippen molar-refractivity contribution < 1.29 is 23.7 Å². The van der Waals surface area contributed by atoms with Crippen molar-refractivity contribution >= 4 is 0 Å². The number of fused-ring (bicyclic) bond motifs is 1. The standard InChI is InChI=1S/C19H22F2N2O3/c20-12-5-11(6-13(21)8-12)7-16(22)18(25)10-23-17-3-4-26-19-2-1-14(24)9-15(17)19/h1-2,5-6,8-9,16-18,23-25H,3-4,7,10,22H2/t16-,17-,18+/m0/s1. The Morgan fingerprint density at radius 2 is 1.92 bits per heavy atom. The number of rotatable bonds is 6. The number of benzene rings is 2. The van der Waals surface area contributed by atoms with Gasteiger partial charge in [-0.15, -0.1) is 0 Å². The second-order valence-electron chi connectivity index (χ2n) is 6.53. The molecule has 1 aliphatic rings. The van der Waals surface area contributed by atoms with Gasteiger partial charge in [0.15, 0.2) is 0 Å². The Bertz CT molecular complexity index is 752. The van der Waals surface area contributed by atoms with Gasteiger partial charge in [0.1, 0.15) is 23.1 Å². The van der Waals surface area contributed by atoms with Gasteiger partial charge in [0.25, 0.3) is 0 Å². The fraction of sp³-hybridized carbons (Fsp3) is 0.368. The van der Waals surface area contributed by atoms with Gasteiger partial charge in [-0.25, -0.2) is 8.78 Å². The maximum absolute atomic E-state index is 13.3. The van der Waals surface area contributed by atoms with Gasteiger partial charge < -0.3 is 26.0 Å². The van der Waals surface area contributed by atoms with E-state index < -0.39 is 23.8 Å². The van der Waals surface area contributed by atoms with Crippen molar-refractivity contribution in [2.24, 2.45) is 5.73 Å². The molecule has 26 heavy (non-hydrogen) atoms. The summed E-state index contributed by atoms with van der Waals surface area (Å²) in [6.45, 7) is 0.735. The third-order valence-electron chi connectivity index (χ3n) is 4.49. The van der Waals surface area contributed by atoms with Crippen molar-refractivity contribution in [1.29, 1.82) is 0 Å². The molecule has 0 spiro atoms. The van der Waals surface area contributed by atoms with Crippen LogP contribution in [0.2, 0.25) is 0 Å². The first-order valence-electron chi connectivity index (χ1n) is 8.50. The zero-order chi connectivity index (χ0) is 18.7. The number of nitrogens with two attached hydrogens (primary N) is 1. The molecule has 5 nitrogen and oxygen atoms in total. The summed E-state index contributed by atoms with van der Waals surface area (Å²) in [4.78, 5) is 0. The monoisotopic (exact) mass is 364 g/mol. The van der Waals surface area contributed by atoms with E-state index in [1.165, 1.54) is 12.1 Å². The van der Waals surface area contributed by atoms with Crippen LogP contribution in [0.25, 0.3) is 0 Å². The van der Waals surface area contributed by atoms with Gasteiger partial charge in [-0.05, 0) is 42.3 Å². The number of ether oxygens (including phenoxy) is 1. The highest BCUT2D eigenvalue weighted by Crippen LogP contribution is 2.34. The number of halogens is 2. The highest BCUT2D eigenvalue weighted by Gasteiger charge is 2.24. The zero-order valence-electron chi connectivity index (χ0n) is 14.2. The maximum Gasteiger partial charge on any atom is 0.126 e. The lowest BCUT2D eigenvalue weighted by Crippen LogP contribution is -2.44. The van der Waals surface area contributed by atoms with E-state index in [0.29, 0.717) is 24.3 Å².